The van der Waals surface area contributed by atoms with Crippen molar-refractivity contribution in [3.8, 4) is 11.3 Å². The van der Waals surface area contributed by atoms with Gasteiger partial charge < -0.3 is 10.2 Å². The fraction of sp³-hybridized carbons (Fsp3) is 0.433. The maximum Gasteiger partial charge on any atom is 0.251 e. The molecule has 1 amide bonds. The number of likely N-dealkylation sites (tertiary alicyclic amines) is 1. The van der Waals surface area contributed by atoms with Gasteiger partial charge in [-0.25, -0.2) is 4.98 Å². The molecule has 2 aliphatic rings. The zero-order valence-electron chi connectivity index (χ0n) is 21.5. The molecule has 2 saturated heterocycles. The van der Waals surface area contributed by atoms with Gasteiger partial charge in [-0.1, -0.05) is 25.1 Å². The number of nitrogens with zero attached hydrogens (tertiary/aromatic N) is 4. The zero-order chi connectivity index (χ0) is 24.9. The Morgan fingerprint density at radius 2 is 1.78 bits per heavy atom. The molecular weight excluding hydrogens is 446 g/mol. The molecule has 0 spiro atoms. The summed E-state index contributed by atoms with van der Waals surface area (Å²) in [6, 6.07) is 16.4. The second-order valence-electron chi connectivity index (χ2n) is 10.5. The molecule has 2 aromatic heterocycles. The van der Waals surface area contributed by atoms with Gasteiger partial charge in [-0.3, -0.25) is 14.7 Å². The molecule has 1 aromatic carbocycles. The summed E-state index contributed by atoms with van der Waals surface area (Å²) in [7, 11) is 0. The van der Waals surface area contributed by atoms with Gasteiger partial charge in [0.15, 0.2) is 0 Å². The van der Waals surface area contributed by atoms with E-state index in [-0.39, 0.29) is 11.9 Å². The van der Waals surface area contributed by atoms with E-state index in [0.717, 1.165) is 74.1 Å². The van der Waals surface area contributed by atoms with Gasteiger partial charge >= 0.3 is 0 Å². The number of hydrogen-bond acceptors (Lipinski definition) is 5. The SMILES string of the molecule is Cc1ccc(C(=O)NC2CCN(Cc3ccc(N4CCC(C)CC4)nc3)CC2)cc1-c1ccccn1. The number of pyridine rings is 2. The quantitative estimate of drug-likeness (QED) is 0.530. The summed E-state index contributed by atoms with van der Waals surface area (Å²) in [4.78, 5) is 27.1. The van der Waals surface area contributed by atoms with E-state index < -0.39 is 0 Å². The van der Waals surface area contributed by atoms with E-state index in [4.69, 9.17) is 4.98 Å². The van der Waals surface area contributed by atoms with E-state index in [9.17, 15) is 4.79 Å². The predicted molar refractivity (Wildman–Crippen MR) is 145 cm³/mol. The van der Waals surface area contributed by atoms with Crippen LogP contribution in [-0.2, 0) is 6.54 Å². The van der Waals surface area contributed by atoms with Crippen molar-refractivity contribution < 1.29 is 4.79 Å². The number of carbonyl (C=O) groups is 1. The third-order valence-electron chi connectivity index (χ3n) is 7.69. The Balaban J connectivity index is 1.11. The summed E-state index contributed by atoms with van der Waals surface area (Å²) >= 11 is 0. The standard InChI is InChI=1S/C30H37N5O/c1-22-10-17-35(18-11-22)29-9-7-24(20-32-29)21-34-15-12-26(13-16-34)33-30(36)25-8-6-23(2)27(19-25)28-5-3-4-14-31-28/h3-9,14,19-20,22,26H,10-13,15-18,21H2,1-2H3,(H,33,36). The average Bonchev–Trinajstić information content (AvgIpc) is 2.91. The predicted octanol–water partition coefficient (Wildman–Crippen LogP) is 5.08. The Morgan fingerprint density at radius 3 is 2.47 bits per heavy atom. The smallest absolute Gasteiger partial charge is 0.251 e. The van der Waals surface area contributed by atoms with Crippen molar-refractivity contribution in [1.82, 2.24) is 20.2 Å². The summed E-state index contributed by atoms with van der Waals surface area (Å²) in [5.74, 6) is 1.93. The van der Waals surface area contributed by atoms with Crippen LogP contribution in [0.4, 0.5) is 5.82 Å². The molecule has 5 rings (SSSR count). The largest absolute Gasteiger partial charge is 0.357 e. The molecule has 2 aliphatic heterocycles. The minimum atomic E-state index is -0.00229. The Labute approximate surface area is 214 Å². The number of aryl methyl sites for hydroxylation is 1. The molecule has 0 aliphatic carbocycles. The van der Waals surface area contributed by atoms with Crippen molar-refractivity contribution in [2.24, 2.45) is 5.92 Å². The van der Waals surface area contributed by atoms with Crippen molar-refractivity contribution in [2.75, 3.05) is 31.1 Å². The summed E-state index contributed by atoms with van der Waals surface area (Å²) in [6.07, 6.45) is 8.26. The highest BCUT2D eigenvalue weighted by Gasteiger charge is 2.22. The number of anilines is 1. The normalized spacial score (nSPS) is 17.8. The summed E-state index contributed by atoms with van der Waals surface area (Å²) in [6.45, 7) is 9.48. The molecule has 36 heavy (non-hydrogen) atoms. The van der Waals surface area contributed by atoms with E-state index in [1.54, 1.807) is 6.20 Å². The lowest BCUT2D eigenvalue weighted by atomic mass is 9.99. The lowest BCUT2D eigenvalue weighted by Gasteiger charge is -2.33. The zero-order valence-corrected chi connectivity index (χ0v) is 21.5. The number of rotatable bonds is 6. The Hall–Kier alpha value is -3.25. The number of hydrogen-bond donors (Lipinski definition) is 1. The summed E-state index contributed by atoms with van der Waals surface area (Å²) in [5, 5.41) is 3.26. The van der Waals surface area contributed by atoms with E-state index in [0.29, 0.717) is 5.56 Å². The highest BCUT2D eigenvalue weighted by atomic mass is 16.1. The van der Waals surface area contributed by atoms with E-state index >= 15 is 0 Å². The van der Waals surface area contributed by atoms with E-state index in [1.807, 2.05) is 42.6 Å². The van der Waals surface area contributed by atoms with Gasteiger partial charge in [0.05, 0.1) is 5.69 Å². The van der Waals surface area contributed by atoms with Gasteiger partial charge in [0.25, 0.3) is 5.91 Å². The van der Waals surface area contributed by atoms with Crippen LogP contribution in [0.3, 0.4) is 0 Å². The van der Waals surface area contributed by atoms with Crippen LogP contribution in [0.25, 0.3) is 11.3 Å². The van der Waals surface area contributed by atoms with Gasteiger partial charge in [0.2, 0.25) is 0 Å². The maximum atomic E-state index is 13.0. The number of carbonyl (C=O) groups excluding carboxylic acids is 1. The van der Waals surface area contributed by atoms with E-state index in [2.05, 4.69) is 46.1 Å². The molecule has 0 radical (unpaired) electrons. The van der Waals surface area contributed by atoms with Gasteiger partial charge in [-0.05, 0) is 80.0 Å². The molecule has 2 fully saturated rings. The molecule has 6 nitrogen and oxygen atoms in total. The number of piperidine rings is 2. The first-order valence-corrected chi connectivity index (χ1v) is 13.3. The van der Waals surface area contributed by atoms with Crippen LogP contribution in [-0.4, -0.2) is 53.0 Å². The number of benzene rings is 1. The maximum absolute atomic E-state index is 13.0. The van der Waals surface area contributed by atoms with Crippen molar-refractivity contribution in [3.63, 3.8) is 0 Å². The summed E-state index contributed by atoms with van der Waals surface area (Å²) in [5.41, 5.74) is 4.97. The van der Waals surface area contributed by atoms with Gasteiger partial charge in [0, 0.05) is 62.3 Å². The molecule has 0 bridgehead atoms. The molecule has 4 heterocycles. The topological polar surface area (TPSA) is 61.4 Å². The fourth-order valence-corrected chi connectivity index (χ4v) is 5.26. The molecule has 1 N–H and O–H groups in total. The van der Waals surface area contributed by atoms with Crippen molar-refractivity contribution in [1.29, 1.82) is 0 Å². The Morgan fingerprint density at radius 1 is 0.972 bits per heavy atom. The van der Waals surface area contributed by atoms with Gasteiger partial charge in [-0.15, -0.1) is 0 Å². The second-order valence-corrected chi connectivity index (χ2v) is 10.5. The second kappa shape index (κ2) is 11.2. The molecule has 0 unspecified atom stereocenters. The van der Waals surface area contributed by atoms with Gasteiger partial charge in [-0.2, -0.15) is 0 Å². The van der Waals surface area contributed by atoms with Crippen LogP contribution in [0.5, 0.6) is 0 Å². The first-order chi connectivity index (χ1) is 17.5. The number of amides is 1. The minimum Gasteiger partial charge on any atom is -0.357 e. The van der Waals surface area contributed by atoms with E-state index in [1.165, 1.54) is 18.4 Å². The van der Waals surface area contributed by atoms with Crippen LogP contribution in [0.15, 0.2) is 60.9 Å². The average molecular weight is 484 g/mol. The van der Waals surface area contributed by atoms with Gasteiger partial charge in [0.1, 0.15) is 5.82 Å². The fourth-order valence-electron chi connectivity index (χ4n) is 5.26. The van der Waals surface area contributed by atoms with Crippen LogP contribution < -0.4 is 10.2 Å². The molecule has 0 saturated carbocycles. The van der Waals surface area contributed by atoms with Crippen molar-refractivity contribution in [2.45, 2.75) is 52.1 Å². The highest BCUT2D eigenvalue weighted by molar-refractivity contribution is 5.95. The van der Waals surface area contributed by atoms with Crippen LogP contribution in [0, 0.1) is 12.8 Å². The Kier molecular flexibility index (Phi) is 7.61. The molecular formula is C30H37N5O. The monoisotopic (exact) mass is 483 g/mol. The third-order valence-corrected chi connectivity index (χ3v) is 7.69. The van der Waals surface area contributed by atoms with Crippen LogP contribution in [0.1, 0.15) is 54.1 Å². The highest BCUT2D eigenvalue weighted by Crippen LogP contribution is 2.24. The molecule has 3 aromatic rings. The van der Waals surface area contributed by atoms with Crippen LogP contribution >= 0.6 is 0 Å². The first kappa shape index (κ1) is 24.4. The lowest BCUT2D eigenvalue weighted by Crippen LogP contribution is -2.44. The van der Waals surface area contributed by atoms with Crippen LogP contribution in [0.2, 0.25) is 0 Å². The van der Waals surface area contributed by atoms with Crippen molar-refractivity contribution >= 4 is 11.7 Å². The number of aromatic nitrogens is 2. The van der Waals surface area contributed by atoms with Crippen molar-refractivity contribution in [3.05, 3.63) is 77.6 Å². The summed E-state index contributed by atoms with van der Waals surface area (Å²) < 4.78 is 0. The first-order valence-electron chi connectivity index (χ1n) is 13.3. The molecule has 6 heteroatoms. The molecule has 0 atom stereocenters. The Bertz CT molecular complexity index is 1150. The lowest BCUT2D eigenvalue weighted by molar-refractivity contribution is 0.0909. The minimum absolute atomic E-state index is 0.00229. The third kappa shape index (κ3) is 5.93. The number of nitrogens with one attached hydrogen (secondary N) is 1. The molecule has 188 valence electrons.